The number of primary amides is 1. The number of Topliss-reactive ketones (excluding diaryl/α,β-unsaturated/α-hetero) is 1. The molecule has 1 saturated heterocycles. The number of hydrogen-bond acceptors (Lipinski definition) is 10. The zero-order valence-corrected chi connectivity index (χ0v) is 24.8. The lowest BCUT2D eigenvalue weighted by atomic mass is 9.60. The van der Waals surface area contributed by atoms with Crippen molar-refractivity contribution in [2.75, 3.05) is 38.7 Å². The molecule has 5 atom stereocenters. The number of carbonyl (C=O) groups is 5. The van der Waals surface area contributed by atoms with Gasteiger partial charge >= 0.3 is 5.97 Å². The molecule has 1 heterocycles. The monoisotopic (exact) mass is 625 g/mol. The highest BCUT2D eigenvalue weighted by Crippen LogP contribution is 2.59. The molecule has 3 amide bonds. The summed E-state index contributed by atoms with van der Waals surface area (Å²) in [6.45, 7) is 0.431. The zero-order valence-electron chi connectivity index (χ0n) is 24.0. The van der Waals surface area contributed by atoms with Gasteiger partial charge in [-0.3, -0.25) is 24.0 Å². The van der Waals surface area contributed by atoms with E-state index >= 15 is 0 Å². The average molecular weight is 626 g/mol. The van der Waals surface area contributed by atoms with Crippen molar-refractivity contribution in [3.05, 3.63) is 64.8 Å². The maximum absolute atomic E-state index is 13.2. The molecule has 44 heavy (non-hydrogen) atoms. The lowest BCUT2D eigenvalue weighted by Crippen LogP contribution is -2.47. The van der Waals surface area contributed by atoms with Crippen LogP contribution in [-0.4, -0.2) is 79.3 Å². The highest BCUT2D eigenvalue weighted by Gasteiger charge is 2.61. The molecule has 5 rings (SSSR count). The van der Waals surface area contributed by atoms with Gasteiger partial charge in [0, 0.05) is 42.2 Å². The number of nitrogens with two attached hydrogens (primary N) is 1. The van der Waals surface area contributed by atoms with Crippen molar-refractivity contribution < 1.29 is 43.3 Å². The summed E-state index contributed by atoms with van der Waals surface area (Å²) in [5, 5.41) is 15.4. The number of hydrogen-bond donors (Lipinski definition) is 5. The summed E-state index contributed by atoms with van der Waals surface area (Å²) in [6.07, 6.45) is 8.10. The van der Waals surface area contributed by atoms with E-state index in [1.807, 2.05) is 6.08 Å². The Balaban J connectivity index is 1.18. The maximum Gasteiger partial charge on any atom is 0.314 e. The van der Waals surface area contributed by atoms with E-state index in [1.54, 1.807) is 36.4 Å². The van der Waals surface area contributed by atoms with Gasteiger partial charge in [0.05, 0.1) is 25.7 Å². The molecule has 3 aliphatic carbocycles. The van der Waals surface area contributed by atoms with Crippen molar-refractivity contribution in [2.24, 2.45) is 23.5 Å². The van der Waals surface area contributed by atoms with Crippen LogP contribution >= 0.6 is 12.6 Å². The molecule has 1 aromatic rings. The van der Waals surface area contributed by atoms with E-state index in [1.165, 1.54) is 0 Å². The number of aromatic hydroxyl groups is 1. The number of allylic oxidation sites excluding steroid dienone is 1. The Morgan fingerprint density at radius 2 is 1.95 bits per heavy atom. The number of thiol groups is 1. The van der Waals surface area contributed by atoms with Gasteiger partial charge in [-0.2, -0.15) is 12.6 Å². The van der Waals surface area contributed by atoms with Crippen molar-refractivity contribution >= 4 is 42.1 Å². The van der Waals surface area contributed by atoms with Crippen LogP contribution in [0, 0.1) is 17.8 Å². The molecule has 1 aromatic carbocycles. The van der Waals surface area contributed by atoms with Gasteiger partial charge in [-0.25, -0.2) is 0 Å². The SMILES string of the molecule is NC(=O)C(CS)NC(=O)COCCOCCNC(=O)C1=CC2C(C=C1)C(=O)OC21C2=CCC(=O)CC2Cc2cc(O)ccc21. The third kappa shape index (κ3) is 6.30. The molecule has 4 aliphatic rings. The molecule has 13 heteroatoms. The number of esters is 1. The first-order valence-electron chi connectivity index (χ1n) is 14.4. The predicted molar refractivity (Wildman–Crippen MR) is 159 cm³/mol. The molecular formula is C31H35N3O9S. The van der Waals surface area contributed by atoms with Crippen LogP contribution in [0.25, 0.3) is 0 Å². The van der Waals surface area contributed by atoms with Crippen LogP contribution < -0.4 is 16.4 Å². The van der Waals surface area contributed by atoms with Crippen LogP contribution in [0.4, 0.5) is 0 Å². The number of benzene rings is 1. The Kier molecular flexibility index (Phi) is 9.56. The first-order chi connectivity index (χ1) is 21.1. The van der Waals surface area contributed by atoms with Crippen molar-refractivity contribution in [1.82, 2.24) is 10.6 Å². The number of ketones is 1. The van der Waals surface area contributed by atoms with Gasteiger partial charge in [-0.15, -0.1) is 0 Å². The molecule has 1 spiro atoms. The number of rotatable bonds is 12. The van der Waals surface area contributed by atoms with Crippen LogP contribution in [0.15, 0.2) is 53.6 Å². The maximum atomic E-state index is 13.2. The van der Waals surface area contributed by atoms with Gasteiger partial charge < -0.3 is 35.7 Å². The van der Waals surface area contributed by atoms with Crippen molar-refractivity contribution in [1.29, 1.82) is 0 Å². The summed E-state index contributed by atoms with van der Waals surface area (Å²) in [7, 11) is 0. The molecule has 0 bridgehead atoms. The molecule has 12 nitrogen and oxygen atoms in total. The quantitative estimate of drug-likeness (QED) is 0.0949. The summed E-state index contributed by atoms with van der Waals surface area (Å²) in [5.74, 6) is -2.92. The first kappa shape index (κ1) is 31.5. The molecular weight excluding hydrogens is 590 g/mol. The molecule has 1 aliphatic heterocycles. The van der Waals surface area contributed by atoms with Gasteiger partial charge in [0.15, 0.2) is 5.60 Å². The standard InChI is InChI=1S/C31H35N3O9S/c32-28(38)26(16-44)34-27(37)15-42-10-9-41-8-7-33-29(39)17-1-4-22-25(14-17)31(43-30(22)40)23-5-2-20(35)12-18(23)11-19-13-21(36)3-6-24(19)31/h1-2,4-6,12,14,19,22,25-26,35,44H,3,7-11,13,15-16H2,(H2,32,38)(H,33,39)(H,34,37). The van der Waals surface area contributed by atoms with Gasteiger partial charge in [0.25, 0.3) is 5.91 Å². The minimum absolute atomic E-state index is 0.0800. The molecule has 5 N–H and O–H groups in total. The smallest absolute Gasteiger partial charge is 0.314 e. The fraction of sp³-hybridized carbons (Fsp3) is 0.452. The van der Waals surface area contributed by atoms with E-state index in [-0.39, 0.29) is 68.5 Å². The highest BCUT2D eigenvalue weighted by molar-refractivity contribution is 7.80. The number of carbonyl (C=O) groups excluding carboxylic acids is 5. The normalized spacial score (nSPS) is 25.6. The predicted octanol–water partition coefficient (Wildman–Crippen LogP) is 0.384. The molecule has 5 unspecified atom stereocenters. The number of ether oxygens (including phenoxy) is 3. The minimum atomic E-state index is -1.17. The second-order valence-electron chi connectivity index (χ2n) is 11.2. The van der Waals surface area contributed by atoms with Crippen LogP contribution in [0.5, 0.6) is 5.75 Å². The summed E-state index contributed by atoms with van der Waals surface area (Å²) in [5.41, 5.74) is 6.83. The summed E-state index contributed by atoms with van der Waals surface area (Å²) in [6, 6.07) is 4.12. The lowest BCUT2D eigenvalue weighted by Gasteiger charge is -2.45. The summed E-state index contributed by atoms with van der Waals surface area (Å²) >= 11 is 3.96. The van der Waals surface area contributed by atoms with Crippen LogP contribution in [0.3, 0.4) is 0 Å². The lowest BCUT2D eigenvalue weighted by molar-refractivity contribution is -0.149. The molecule has 234 valence electrons. The molecule has 0 saturated carbocycles. The number of phenols is 1. The Bertz CT molecular complexity index is 1450. The Morgan fingerprint density at radius 3 is 2.73 bits per heavy atom. The van der Waals surface area contributed by atoms with Crippen molar-refractivity contribution in [2.45, 2.75) is 30.9 Å². The number of amides is 3. The van der Waals surface area contributed by atoms with Crippen molar-refractivity contribution in [3.63, 3.8) is 0 Å². The van der Waals surface area contributed by atoms with E-state index in [0.29, 0.717) is 18.4 Å². The Hall–Kier alpha value is -3.94. The summed E-state index contributed by atoms with van der Waals surface area (Å²) in [4.78, 5) is 61.6. The Labute approximate surface area is 259 Å². The number of nitrogens with one attached hydrogen (secondary N) is 2. The van der Waals surface area contributed by atoms with E-state index < -0.39 is 41.3 Å². The first-order valence-corrected chi connectivity index (χ1v) is 15.1. The van der Waals surface area contributed by atoms with Gasteiger partial charge in [-0.1, -0.05) is 30.4 Å². The average Bonchev–Trinajstić information content (AvgIpc) is 3.28. The summed E-state index contributed by atoms with van der Waals surface area (Å²) < 4.78 is 16.9. The minimum Gasteiger partial charge on any atom is -0.508 e. The fourth-order valence-electron chi connectivity index (χ4n) is 6.40. The molecule has 0 aromatic heterocycles. The number of phenolic OH excluding ortho intramolecular Hbond substituents is 1. The number of fused-ring (bicyclic) bond motifs is 6. The zero-order chi connectivity index (χ0) is 31.4. The van der Waals surface area contributed by atoms with E-state index in [9.17, 15) is 29.1 Å². The Morgan fingerprint density at radius 1 is 1.16 bits per heavy atom. The topological polar surface area (TPSA) is 183 Å². The third-order valence-corrected chi connectivity index (χ3v) is 8.71. The van der Waals surface area contributed by atoms with E-state index in [0.717, 1.165) is 16.7 Å². The van der Waals surface area contributed by atoms with Gasteiger partial charge in [0.2, 0.25) is 11.8 Å². The fourth-order valence-corrected chi connectivity index (χ4v) is 6.67. The largest absolute Gasteiger partial charge is 0.508 e. The molecule has 0 radical (unpaired) electrons. The van der Waals surface area contributed by atoms with Crippen molar-refractivity contribution in [3.8, 4) is 5.75 Å². The second-order valence-corrected chi connectivity index (χ2v) is 11.5. The van der Waals surface area contributed by atoms with E-state index in [2.05, 4.69) is 23.3 Å². The molecule has 1 fully saturated rings. The third-order valence-electron chi connectivity index (χ3n) is 8.34. The van der Waals surface area contributed by atoms with Crippen LogP contribution in [0.2, 0.25) is 0 Å². The highest BCUT2D eigenvalue weighted by atomic mass is 32.1. The van der Waals surface area contributed by atoms with Gasteiger partial charge in [0.1, 0.15) is 24.2 Å². The van der Waals surface area contributed by atoms with Gasteiger partial charge in [-0.05, 0) is 35.6 Å². The van der Waals surface area contributed by atoms with Crippen LogP contribution in [-0.2, 0) is 50.2 Å². The van der Waals surface area contributed by atoms with E-state index in [4.69, 9.17) is 19.9 Å². The van der Waals surface area contributed by atoms with Crippen LogP contribution in [0.1, 0.15) is 24.0 Å². The second kappa shape index (κ2) is 13.4.